The number of hydrogen-bond donors (Lipinski definition) is 0. The molecule has 0 fully saturated rings. The van der Waals surface area contributed by atoms with Gasteiger partial charge in [-0.15, -0.1) is 0 Å². The van der Waals surface area contributed by atoms with Crippen LogP contribution in [0.1, 0.15) is 5.56 Å². The van der Waals surface area contributed by atoms with Gasteiger partial charge in [0.1, 0.15) is 0 Å². The second-order valence-electron chi connectivity index (χ2n) is 6.36. The van der Waals surface area contributed by atoms with Crippen molar-refractivity contribution in [2.45, 2.75) is 6.92 Å². The van der Waals surface area contributed by atoms with Gasteiger partial charge in [0.25, 0.3) is 0 Å². The molecule has 0 aliphatic carbocycles. The van der Waals surface area contributed by atoms with E-state index in [-0.39, 0.29) is 0 Å². The third kappa shape index (κ3) is 2.95. The summed E-state index contributed by atoms with van der Waals surface area (Å²) in [5.74, 6) is 2.01. The van der Waals surface area contributed by atoms with Gasteiger partial charge < -0.3 is 0 Å². The molecule has 0 unspecified atom stereocenters. The molecule has 2 aromatic heterocycles. The Morgan fingerprint density at radius 2 is 1.41 bits per heavy atom. The Bertz CT molecular complexity index is 1130. The van der Waals surface area contributed by atoms with Gasteiger partial charge in [-0.1, -0.05) is 0 Å². The number of aryl methyl sites for hydroxylation is 1. The van der Waals surface area contributed by atoms with Gasteiger partial charge in [0, 0.05) is 0 Å². The number of hydrogen-bond acceptors (Lipinski definition) is 3. The minimum absolute atomic E-state index is 0.983. The second kappa shape index (κ2) is 6.87. The van der Waals surface area contributed by atoms with E-state index in [1.54, 1.807) is 0 Å². The van der Waals surface area contributed by atoms with Crippen molar-refractivity contribution in [3.8, 4) is 34.0 Å². The van der Waals surface area contributed by atoms with Crippen molar-refractivity contribution in [1.29, 1.82) is 0 Å². The van der Waals surface area contributed by atoms with Crippen molar-refractivity contribution in [3.63, 3.8) is 0 Å². The summed E-state index contributed by atoms with van der Waals surface area (Å²) in [4.78, 5) is 9.15. The Morgan fingerprint density at radius 1 is 0.704 bits per heavy atom. The summed E-state index contributed by atoms with van der Waals surface area (Å²) in [5, 5.41) is 0. The molecule has 0 saturated carbocycles. The van der Waals surface area contributed by atoms with Crippen LogP contribution in [0.5, 0.6) is 11.5 Å². The number of nitrogens with zero attached hydrogens (tertiary/aromatic N) is 2. The van der Waals surface area contributed by atoms with E-state index in [0.29, 0.717) is 0 Å². The molecule has 4 heteroatoms. The Balaban J connectivity index is 1.69. The van der Waals surface area contributed by atoms with E-state index < -0.39 is 23.6 Å². The molecule has 130 valence electrons. The second-order valence-corrected chi connectivity index (χ2v) is 10.3. The normalized spacial score (nSPS) is 12.0. The predicted octanol–water partition coefficient (Wildman–Crippen LogP) is 3.88. The fourth-order valence-electron chi connectivity index (χ4n) is 3.25. The summed E-state index contributed by atoms with van der Waals surface area (Å²) in [6.45, 7) is 2.12. The average Bonchev–Trinajstić information content (AvgIpc) is 2.74. The molecule has 0 bridgehead atoms. The molecule has 0 spiro atoms. The molecular weight excluding hydrogens is 529 g/mol. The number of fused-ring (bicyclic) bond motifs is 2. The van der Waals surface area contributed by atoms with E-state index in [9.17, 15) is 0 Å². The molecule has 4 aromatic rings. The van der Waals surface area contributed by atoms with E-state index in [4.69, 9.17) is 4.74 Å². The van der Waals surface area contributed by atoms with Gasteiger partial charge in [0.05, 0.1) is 0 Å². The molecule has 3 nitrogen and oxygen atoms in total. The quantitative estimate of drug-likeness (QED) is 0.338. The van der Waals surface area contributed by atoms with Crippen LogP contribution in [0.15, 0.2) is 79.1 Å². The van der Waals surface area contributed by atoms with Crippen LogP contribution in [-0.2, 0) is 0 Å². The van der Waals surface area contributed by atoms with Gasteiger partial charge in [0.15, 0.2) is 0 Å². The first-order valence-electron chi connectivity index (χ1n) is 8.76. The Morgan fingerprint density at radius 3 is 2.07 bits per heavy atom. The van der Waals surface area contributed by atoms with Crippen molar-refractivity contribution in [1.82, 2.24) is 9.97 Å². The zero-order valence-corrected chi connectivity index (χ0v) is 17.9. The van der Waals surface area contributed by atoms with Crippen molar-refractivity contribution >= 4 is 30.0 Å². The van der Waals surface area contributed by atoms with E-state index in [0.717, 1.165) is 22.9 Å². The topological polar surface area (TPSA) is 35.0 Å². The molecular formula is C23H16N2OPo. The summed E-state index contributed by atoms with van der Waals surface area (Å²) < 4.78 is 9.11. The van der Waals surface area contributed by atoms with Crippen molar-refractivity contribution < 1.29 is 4.74 Å². The van der Waals surface area contributed by atoms with Crippen molar-refractivity contribution in [2.24, 2.45) is 0 Å². The molecule has 2 aromatic carbocycles. The van der Waals surface area contributed by atoms with Crippen LogP contribution < -0.4 is 11.2 Å². The standard InChI is InChI=1S/C23H16N2O.Po/c1-17-11-12-19(22-10-3-5-14-25-22)16-23(17)26-20-8-6-7-18(15-20)21-9-2-4-13-24-21;/h2-14H,1H3;. The minimum atomic E-state index is -1.08. The molecule has 0 atom stereocenters. The zero-order valence-electron chi connectivity index (χ0n) is 14.7. The average molecular weight is 545 g/mol. The van der Waals surface area contributed by atoms with Crippen LogP contribution in [0.25, 0.3) is 22.5 Å². The van der Waals surface area contributed by atoms with Crippen molar-refractivity contribution in [2.75, 3.05) is 0 Å². The number of ether oxygens (including phenoxy) is 1. The molecule has 1 aliphatic heterocycles. The maximum atomic E-state index is 6.42. The summed E-state index contributed by atoms with van der Waals surface area (Å²) in [5.41, 5.74) is 5.59. The van der Waals surface area contributed by atoms with Crippen LogP contribution in [0.3, 0.4) is 0 Å². The first kappa shape index (κ1) is 16.6. The van der Waals surface area contributed by atoms with E-state index >= 15 is 0 Å². The fourth-order valence-corrected chi connectivity index (χ4v) is 8.21. The summed E-state index contributed by atoms with van der Waals surface area (Å²) in [6, 6.07) is 22.7. The molecule has 27 heavy (non-hydrogen) atoms. The number of pyridine rings is 2. The molecule has 0 saturated heterocycles. The van der Waals surface area contributed by atoms with E-state index in [2.05, 4.69) is 59.4 Å². The fraction of sp³-hybridized carbons (Fsp3) is 0.0435. The third-order valence-corrected chi connectivity index (χ3v) is 9.39. The summed E-state index contributed by atoms with van der Waals surface area (Å²) in [6.07, 6.45) is 3.70. The Kier molecular flexibility index (Phi) is 4.22. The summed E-state index contributed by atoms with van der Waals surface area (Å²) >= 11 is -1.08. The summed E-state index contributed by atoms with van der Waals surface area (Å²) in [7, 11) is 0. The van der Waals surface area contributed by atoms with Crippen LogP contribution in [0.4, 0.5) is 0 Å². The number of benzene rings is 2. The zero-order chi connectivity index (χ0) is 18.2. The van der Waals surface area contributed by atoms with Crippen molar-refractivity contribution in [3.05, 3.63) is 84.7 Å². The third-order valence-electron chi connectivity index (χ3n) is 4.59. The first-order chi connectivity index (χ1) is 13.3. The number of aromatic nitrogens is 2. The number of rotatable bonds is 2. The van der Waals surface area contributed by atoms with Crippen LogP contribution in [0, 0.1) is 6.92 Å². The monoisotopic (exact) mass is 545 g/mol. The van der Waals surface area contributed by atoms with E-state index in [1.807, 2.05) is 36.7 Å². The molecule has 0 radical (unpaired) electrons. The molecule has 1 aliphatic rings. The molecule has 0 N–H and O–H groups in total. The van der Waals surface area contributed by atoms with Gasteiger partial charge in [-0.3, -0.25) is 0 Å². The SMILES string of the molecule is Cc1ccc(-c2ccccn2)[c]2c1Oc1cccc(-c3ccccn3)[c]1[Po]2. The predicted molar refractivity (Wildman–Crippen MR) is 109 cm³/mol. The Hall–Kier alpha value is -2.56. The van der Waals surface area contributed by atoms with Gasteiger partial charge in [0.2, 0.25) is 0 Å². The van der Waals surface area contributed by atoms with Gasteiger partial charge in [-0.2, -0.15) is 0 Å². The van der Waals surface area contributed by atoms with Crippen LogP contribution in [0.2, 0.25) is 0 Å². The first-order valence-corrected chi connectivity index (χ1v) is 11.9. The molecule has 3 heterocycles. The molecule has 0 amide bonds. The van der Waals surface area contributed by atoms with Gasteiger partial charge in [-0.05, 0) is 0 Å². The van der Waals surface area contributed by atoms with Gasteiger partial charge in [-0.25, -0.2) is 0 Å². The van der Waals surface area contributed by atoms with Gasteiger partial charge >= 0.3 is 170 Å². The van der Waals surface area contributed by atoms with Crippen LogP contribution in [-0.4, -0.2) is 33.5 Å². The van der Waals surface area contributed by atoms with Crippen LogP contribution >= 0.6 is 0 Å². The van der Waals surface area contributed by atoms with E-state index in [1.165, 1.54) is 23.1 Å². The molecule has 5 rings (SSSR count). The Labute approximate surface area is 169 Å². The maximum absolute atomic E-state index is 6.42.